The molecule has 0 saturated heterocycles. The summed E-state index contributed by atoms with van der Waals surface area (Å²) in [5.74, 6) is -1.54. The van der Waals surface area contributed by atoms with Crippen LogP contribution in [0.2, 0.25) is 0 Å². The molecule has 51 heavy (non-hydrogen) atoms. The number of esters is 3. The predicted octanol–water partition coefficient (Wildman–Crippen LogP) is 6.69. The molecule has 0 spiro atoms. The van der Waals surface area contributed by atoms with Crippen molar-refractivity contribution in [3.63, 3.8) is 0 Å². The number of unbranched alkanes of at least 4 members (excludes halogenated alkanes) is 2. The van der Waals surface area contributed by atoms with Gasteiger partial charge in [0.1, 0.15) is 34.4 Å². The van der Waals surface area contributed by atoms with Gasteiger partial charge < -0.3 is 34.3 Å². The number of hydrogen-bond acceptors (Lipinski definition) is 11. The van der Waals surface area contributed by atoms with Gasteiger partial charge in [-0.05, 0) is 99.6 Å². The van der Waals surface area contributed by atoms with Crippen molar-refractivity contribution in [1.29, 1.82) is 0 Å². The van der Waals surface area contributed by atoms with Crippen molar-refractivity contribution in [2.45, 2.75) is 156 Å². The lowest BCUT2D eigenvalue weighted by atomic mass is 9.99. The van der Waals surface area contributed by atoms with E-state index in [0.29, 0.717) is 30.4 Å². The van der Waals surface area contributed by atoms with Gasteiger partial charge in [-0.25, -0.2) is 14.4 Å². The summed E-state index contributed by atoms with van der Waals surface area (Å²) in [6.45, 7) is 18.1. The van der Waals surface area contributed by atoms with Crippen LogP contribution in [0.25, 0.3) is 0 Å². The Bertz CT molecular complexity index is 1320. The first-order chi connectivity index (χ1) is 23.6. The Morgan fingerprint density at radius 1 is 0.706 bits per heavy atom. The normalized spacial score (nSPS) is 12.3. The van der Waals surface area contributed by atoms with Crippen molar-refractivity contribution < 1.29 is 52.5 Å². The van der Waals surface area contributed by atoms with Crippen LogP contribution >= 0.6 is 0 Å². The summed E-state index contributed by atoms with van der Waals surface area (Å²) in [6, 6.07) is 3.80. The standard InChI is InChI=1S/C38H60N2O11/c1-11-12-22-47-33(44)29(40-35(46)51-38(8,9)10)23-26-19-20-27(25-28(41)16-13-14-17-32(43)49-36(2,3)4)30(24-26)48-31(42)18-15-21-39-34(45)50-37(5,6)7/h19-20,24,29H,11-18,21-23,25H2,1-10H3,(H,39,45)(H,40,46). The van der Waals surface area contributed by atoms with Gasteiger partial charge in [-0.2, -0.15) is 0 Å². The van der Waals surface area contributed by atoms with E-state index in [9.17, 15) is 28.8 Å². The Kier molecular flexibility index (Phi) is 18.7. The molecule has 0 heterocycles. The molecule has 1 aromatic rings. The molecule has 0 aromatic heterocycles. The minimum absolute atomic E-state index is 0.00650. The lowest BCUT2D eigenvalue weighted by Gasteiger charge is -2.23. The van der Waals surface area contributed by atoms with Gasteiger partial charge in [0.25, 0.3) is 0 Å². The lowest BCUT2D eigenvalue weighted by molar-refractivity contribution is -0.155. The van der Waals surface area contributed by atoms with Crippen LogP contribution in [0, 0.1) is 0 Å². The molecule has 0 aliphatic rings. The van der Waals surface area contributed by atoms with Gasteiger partial charge in [-0.3, -0.25) is 14.4 Å². The molecule has 0 aliphatic heterocycles. The molecule has 2 N–H and O–H groups in total. The summed E-state index contributed by atoms with van der Waals surface area (Å²) in [5, 5.41) is 5.18. The number of ether oxygens (including phenoxy) is 5. The maximum Gasteiger partial charge on any atom is 0.408 e. The molecule has 288 valence electrons. The monoisotopic (exact) mass is 720 g/mol. The van der Waals surface area contributed by atoms with Crippen LogP contribution < -0.4 is 15.4 Å². The molecular formula is C38H60N2O11. The number of Topliss-reactive ketones (excluding diaryl/α,β-unsaturated/α-hetero) is 1. The van der Waals surface area contributed by atoms with Crippen molar-refractivity contribution in [2.24, 2.45) is 0 Å². The van der Waals surface area contributed by atoms with Crippen LogP contribution in [0.1, 0.15) is 132 Å². The average molecular weight is 721 g/mol. The fourth-order valence-corrected chi connectivity index (χ4v) is 4.46. The lowest BCUT2D eigenvalue weighted by Crippen LogP contribution is -2.45. The Morgan fingerprint density at radius 2 is 1.29 bits per heavy atom. The molecule has 1 rings (SSSR count). The molecule has 0 fully saturated rings. The summed E-state index contributed by atoms with van der Waals surface area (Å²) >= 11 is 0. The summed E-state index contributed by atoms with van der Waals surface area (Å²) in [7, 11) is 0. The number of hydrogen-bond donors (Lipinski definition) is 2. The van der Waals surface area contributed by atoms with Crippen LogP contribution in [0.4, 0.5) is 9.59 Å². The van der Waals surface area contributed by atoms with Crippen molar-refractivity contribution >= 4 is 35.9 Å². The molecule has 0 bridgehead atoms. The highest BCUT2D eigenvalue weighted by atomic mass is 16.6. The van der Waals surface area contributed by atoms with E-state index in [1.807, 2.05) is 6.92 Å². The molecule has 13 heteroatoms. The van der Waals surface area contributed by atoms with Crippen LogP contribution in [0.5, 0.6) is 5.75 Å². The third-order valence-corrected chi connectivity index (χ3v) is 6.63. The van der Waals surface area contributed by atoms with Gasteiger partial charge in [-0.15, -0.1) is 0 Å². The van der Waals surface area contributed by atoms with Gasteiger partial charge in [0.15, 0.2) is 0 Å². The second-order valence-electron chi connectivity index (χ2n) is 15.4. The van der Waals surface area contributed by atoms with E-state index in [0.717, 1.165) is 6.42 Å². The summed E-state index contributed by atoms with van der Waals surface area (Å²) in [6.07, 6.45) is 1.65. The summed E-state index contributed by atoms with van der Waals surface area (Å²) in [5.41, 5.74) is -1.05. The van der Waals surface area contributed by atoms with Crippen molar-refractivity contribution in [1.82, 2.24) is 10.6 Å². The van der Waals surface area contributed by atoms with Crippen molar-refractivity contribution in [2.75, 3.05) is 13.2 Å². The Hall–Kier alpha value is -4.16. The van der Waals surface area contributed by atoms with Crippen LogP contribution in [0.15, 0.2) is 18.2 Å². The Morgan fingerprint density at radius 3 is 1.90 bits per heavy atom. The largest absolute Gasteiger partial charge is 0.464 e. The third-order valence-electron chi connectivity index (χ3n) is 6.63. The average Bonchev–Trinajstić information content (AvgIpc) is 2.96. The molecular weight excluding hydrogens is 660 g/mol. The Labute approximate surface area is 303 Å². The van der Waals surface area contributed by atoms with E-state index in [-0.39, 0.29) is 69.2 Å². The maximum absolute atomic E-state index is 13.0. The highest BCUT2D eigenvalue weighted by molar-refractivity contribution is 5.83. The number of amides is 2. The van der Waals surface area contributed by atoms with Gasteiger partial charge >= 0.3 is 30.1 Å². The number of nitrogens with one attached hydrogen (secondary N) is 2. The summed E-state index contributed by atoms with van der Waals surface area (Å²) in [4.78, 5) is 75.5. The van der Waals surface area contributed by atoms with Crippen LogP contribution in [-0.2, 0) is 51.0 Å². The number of carbonyl (C=O) groups excluding carboxylic acids is 6. The van der Waals surface area contributed by atoms with E-state index < -0.39 is 47.0 Å². The van der Waals surface area contributed by atoms with Crippen LogP contribution in [0.3, 0.4) is 0 Å². The van der Waals surface area contributed by atoms with E-state index >= 15 is 0 Å². The van der Waals surface area contributed by atoms with E-state index in [1.165, 1.54) is 0 Å². The van der Waals surface area contributed by atoms with E-state index in [2.05, 4.69) is 10.6 Å². The minimum Gasteiger partial charge on any atom is -0.464 e. The van der Waals surface area contributed by atoms with Crippen LogP contribution in [-0.4, -0.2) is 71.9 Å². The molecule has 13 nitrogen and oxygen atoms in total. The molecule has 0 radical (unpaired) electrons. The second kappa shape index (κ2) is 21.3. The second-order valence-corrected chi connectivity index (χ2v) is 15.4. The minimum atomic E-state index is -1.10. The Balaban J connectivity index is 3.12. The summed E-state index contributed by atoms with van der Waals surface area (Å²) < 4.78 is 27.0. The fraction of sp³-hybridized carbons (Fsp3) is 0.684. The number of alkyl carbamates (subject to hydrolysis) is 2. The number of ketones is 1. The fourth-order valence-electron chi connectivity index (χ4n) is 4.46. The van der Waals surface area contributed by atoms with E-state index in [4.69, 9.17) is 23.7 Å². The molecule has 0 saturated carbocycles. The van der Waals surface area contributed by atoms with Crippen molar-refractivity contribution in [3.8, 4) is 5.75 Å². The maximum atomic E-state index is 13.0. The zero-order valence-corrected chi connectivity index (χ0v) is 32.3. The third kappa shape index (κ3) is 22.3. The van der Waals surface area contributed by atoms with Gasteiger partial charge in [0, 0.05) is 44.2 Å². The first-order valence-corrected chi connectivity index (χ1v) is 17.8. The highest BCUT2D eigenvalue weighted by Crippen LogP contribution is 2.25. The quantitative estimate of drug-likeness (QED) is 0.0675. The molecule has 2 amide bonds. The van der Waals surface area contributed by atoms with Crippen molar-refractivity contribution in [3.05, 3.63) is 29.3 Å². The topological polar surface area (TPSA) is 173 Å². The molecule has 1 aromatic carbocycles. The number of rotatable bonds is 19. The zero-order valence-electron chi connectivity index (χ0n) is 32.3. The van der Waals surface area contributed by atoms with E-state index in [1.54, 1.807) is 80.5 Å². The first kappa shape index (κ1) is 44.9. The number of carbonyl (C=O) groups is 6. The number of benzene rings is 1. The highest BCUT2D eigenvalue weighted by Gasteiger charge is 2.27. The smallest absolute Gasteiger partial charge is 0.408 e. The first-order valence-electron chi connectivity index (χ1n) is 17.8. The van der Waals surface area contributed by atoms with Gasteiger partial charge in [0.2, 0.25) is 0 Å². The zero-order chi connectivity index (χ0) is 38.8. The predicted molar refractivity (Wildman–Crippen MR) is 191 cm³/mol. The van der Waals surface area contributed by atoms with Gasteiger partial charge in [0.05, 0.1) is 6.61 Å². The SMILES string of the molecule is CCCCOC(=O)C(Cc1ccc(CC(=O)CCCCC(=O)OC(C)(C)C)c(OC(=O)CCCNC(=O)OC(C)(C)C)c1)NC(=O)OC(C)(C)C. The molecule has 1 atom stereocenters. The van der Waals surface area contributed by atoms with Gasteiger partial charge in [-0.1, -0.05) is 25.5 Å². The molecule has 0 aliphatic carbocycles. The molecule has 1 unspecified atom stereocenters.